The summed E-state index contributed by atoms with van der Waals surface area (Å²) in [4.78, 5) is 16.1. The minimum Gasteiger partial charge on any atom is -0.449 e. The van der Waals surface area contributed by atoms with Crippen molar-refractivity contribution in [3.63, 3.8) is 0 Å². The quantitative estimate of drug-likeness (QED) is 0.297. The van der Waals surface area contributed by atoms with Crippen molar-refractivity contribution in [3.8, 4) is 0 Å². The minimum atomic E-state index is -4.99. The van der Waals surface area contributed by atoms with Gasteiger partial charge in [0.25, 0.3) is 0 Å². The van der Waals surface area contributed by atoms with Crippen LogP contribution in [0.3, 0.4) is 0 Å². The van der Waals surface area contributed by atoms with E-state index in [2.05, 4.69) is 10.3 Å². The second-order valence-electron chi connectivity index (χ2n) is 9.67. The van der Waals surface area contributed by atoms with Crippen molar-refractivity contribution < 1.29 is 40.4 Å². The third-order valence-corrected chi connectivity index (χ3v) is 6.88. The fourth-order valence-electron chi connectivity index (χ4n) is 5.20. The molecule has 14 heteroatoms. The topological polar surface area (TPSA) is 76.6 Å². The van der Waals surface area contributed by atoms with Crippen molar-refractivity contribution in [3.05, 3.63) is 58.0 Å². The smallest absolute Gasteiger partial charge is 0.416 e. The molecule has 218 valence electrons. The molecule has 0 fully saturated rings. The van der Waals surface area contributed by atoms with E-state index >= 15 is 0 Å². The van der Waals surface area contributed by atoms with E-state index in [1.54, 1.807) is 38.8 Å². The van der Waals surface area contributed by atoms with Crippen LogP contribution in [-0.4, -0.2) is 33.7 Å². The largest absolute Gasteiger partial charge is 0.449 e. The molecule has 8 nitrogen and oxygen atoms in total. The molecule has 0 spiro atoms. The van der Waals surface area contributed by atoms with E-state index in [1.807, 2.05) is 6.92 Å². The van der Waals surface area contributed by atoms with E-state index < -0.39 is 41.7 Å². The zero-order chi connectivity index (χ0) is 29.6. The molecule has 3 aromatic rings. The summed E-state index contributed by atoms with van der Waals surface area (Å²) in [5.74, 6) is 1.06. The molecule has 4 rings (SSSR count). The highest BCUT2D eigenvalue weighted by atomic mass is 19.4. The maximum Gasteiger partial charge on any atom is 0.416 e. The van der Waals surface area contributed by atoms with Crippen LogP contribution in [0.5, 0.6) is 0 Å². The Balaban J connectivity index is 1.89. The summed E-state index contributed by atoms with van der Waals surface area (Å²) in [6, 6.07) is 2.04. The van der Waals surface area contributed by atoms with Crippen molar-refractivity contribution in [1.82, 2.24) is 14.9 Å². The predicted molar refractivity (Wildman–Crippen MR) is 133 cm³/mol. The number of nitrogens with zero attached hydrogens (tertiary/aromatic N) is 5. The number of hydrogen-bond acceptors (Lipinski definition) is 6. The van der Waals surface area contributed by atoms with Gasteiger partial charge in [0, 0.05) is 31.3 Å². The third-order valence-electron chi connectivity index (χ3n) is 6.88. The molecule has 0 N–H and O–H groups in total. The summed E-state index contributed by atoms with van der Waals surface area (Å²) in [6.07, 6.45) is -9.78. The molecule has 0 saturated heterocycles. The summed E-state index contributed by atoms with van der Waals surface area (Å²) in [5, 5.41) is 8.53. The Kier molecular flexibility index (Phi) is 7.83. The Bertz CT molecular complexity index is 1350. The van der Waals surface area contributed by atoms with Crippen LogP contribution < -0.4 is 9.80 Å². The number of anilines is 2. The van der Waals surface area contributed by atoms with Crippen molar-refractivity contribution >= 4 is 17.7 Å². The zero-order valence-corrected chi connectivity index (χ0v) is 22.5. The second kappa shape index (κ2) is 10.7. The predicted octanol–water partition coefficient (Wildman–Crippen LogP) is 6.96. The van der Waals surface area contributed by atoms with E-state index in [4.69, 9.17) is 9.26 Å². The maximum absolute atomic E-state index is 13.6. The van der Waals surface area contributed by atoms with Crippen molar-refractivity contribution in [1.29, 1.82) is 0 Å². The molecule has 2 atom stereocenters. The van der Waals surface area contributed by atoms with Crippen LogP contribution in [-0.2, 0) is 30.7 Å². The van der Waals surface area contributed by atoms with Gasteiger partial charge in [-0.3, -0.25) is 9.58 Å². The first-order chi connectivity index (χ1) is 18.6. The molecule has 0 bridgehead atoms. The van der Waals surface area contributed by atoms with Crippen LogP contribution in [0.1, 0.15) is 66.4 Å². The van der Waals surface area contributed by atoms with Crippen LogP contribution in [0.15, 0.2) is 28.8 Å². The number of fused-ring (bicyclic) bond motifs is 1. The number of aryl methyl sites for hydroxylation is 3. The Labute approximate surface area is 226 Å². The molecule has 3 heterocycles. The molecule has 40 heavy (non-hydrogen) atoms. The van der Waals surface area contributed by atoms with Gasteiger partial charge in [0.15, 0.2) is 5.82 Å². The summed E-state index contributed by atoms with van der Waals surface area (Å²) in [7, 11) is 1.65. The van der Waals surface area contributed by atoms with Crippen molar-refractivity contribution in [2.45, 2.75) is 71.5 Å². The molecular formula is C26H29F6N5O3. The molecule has 1 aliphatic rings. The van der Waals surface area contributed by atoms with Gasteiger partial charge in [-0.2, -0.15) is 31.4 Å². The SMILES string of the molecule is CCOC(=O)N1c2c(c(C)nn2C)C(N(Cc2cc(C(F)(F)F)cc(C(F)(F)F)c2)c2cc(C)on2)CC1CC. The number of carbonyl (C=O) groups excluding carboxylic acids is 1. The number of amides is 1. The number of halogens is 6. The normalized spacial score (nSPS) is 17.6. The third kappa shape index (κ3) is 5.61. The lowest BCUT2D eigenvalue weighted by atomic mass is 9.90. The summed E-state index contributed by atoms with van der Waals surface area (Å²) in [5.41, 5.74) is -1.90. The van der Waals surface area contributed by atoms with Gasteiger partial charge in [-0.25, -0.2) is 4.79 Å². The first-order valence-electron chi connectivity index (χ1n) is 12.6. The van der Waals surface area contributed by atoms with Crippen molar-refractivity contribution in [2.24, 2.45) is 7.05 Å². The van der Waals surface area contributed by atoms with E-state index in [0.29, 0.717) is 41.4 Å². The van der Waals surface area contributed by atoms with Gasteiger partial charge in [-0.05, 0) is 57.4 Å². The number of benzene rings is 1. The van der Waals surface area contributed by atoms with E-state index in [-0.39, 0.29) is 37.0 Å². The Hall–Kier alpha value is -3.71. The molecular weight excluding hydrogens is 544 g/mol. The van der Waals surface area contributed by atoms with E-state index in [1.165, 1.54) is 9.58 Å². The minimum absolute atomic E-state index is 0.0996. The lowest BCUT2D eigenvalue weighted by Crippen LogP contribution is -2.48. The fourth-order valence-corrected chi connectivity index (χ4v) is 5.20. The molecule has 1 aliphatic heterocycles. The second-order valence-corrected chi connectivity index (χ2v) is 9.67. The molecule has 2 unspecified atom stereocenters. The van der Waals surface area contributed by atoms with Gasteiger partial charge in [0.1, 0.15) is 11.6 Å². The average Bonchev–Trinajstić information content (AvgIpc) is 3.42. The first-order valence-corrected chi connectivity index (χ1v) is 12.6. The number of rotatable bonds is 6. The highest BCUT2D eigenvalue weighted by molar-refractivity contribution is 5.89. The van der Waals surface area contributed by atoms with Crippen LogP contribution in [0.2, 0.25) is 0 Å². The lowest BCUT2D eigenvalue weighted by molar-refractivity contribution is -0.143. The van der Waals surface area contributed by atoms with Gasteiger partial charge in [0.2, 0.25) is 0 Å². The van der Waals surface area contributed by atoms with Crippen LogP contribution >= 0.6 is 0 Å². The summed E-state index contributed by atoms with van der Waals surface area (Å²) < 4.78 is 93.8. The Morgan fingerprint density at radius 1 is 1.07 bits per heavy atom. The van der Waals surface area contributed by atoms with Gasteiger partial charge < -0.3 is 14.2 Å². The number of hydrogen-bond donors (Lipinski definition) is 0. The number of aromatic nitrogens is 3. The average molecular weight is 574 g/mol. The molecule has 2 aromatic heterocycles. The van der Waals surface area contributed by atoms with Gasteiger partial charge in [-0.1, -0.05) is 12.1 Å². The van der Waals surface area contributed by atoms with Gasteiger partial charge in [-0.15, -0.1) is 0 Å². The number of alkyl halides is 6. The van der Waals surface area contributed by atoms with Crippen LogP contribution in [0, 0.1) is 13.8 Å². The van der Waals surface area contributed by atoms with Crippen molar-refractivity contribution in [2.75, 3.05) is 16.4 Å². The maximum atomic E-state index is 13.6. The van der Waals surface area contributed by atoms with E-state index in [0.717, 1.165) is 0 Å². The molecule has 1 amide bonds. The molecule has 0 radical (unpaired) electrons. The molecule has 1 aromatic carbocycles. The standard InChI is InChI=1S/C26H29F6N5O3/c1-6-19-12-20(22-15(4)33-35(5)23(22)37(19)24(38)39-7-2)36(21-8-14(3)40-34-21)13-16-9-17(25(27,28)29)11-18(10-16)26(30,31)32/h8-11,19-20H,6-7,12-13H2,1-5H3. The molecule has 0 saturated carbocycles. The van der Waals surface area contributed by atoms with Crippen LogP contribution in [0.4, 0.5) is 42.8 Å². The fraction of sp³-hybridized carbons (Fsp3) is 0.500. The lowest BCUT2D eigenvalue weighted by Gasteiger charge is -2.42. The highest BCUT2D eigenvalue weighted by Gasteiger charge is 2.43. The van der Waals surface area contributed by atoms with E-state index in [9.17, 15) is 31.1 Å². The summed E-state index contributed by atoms with van der Waals surface area (Å²) >= 11 is 0. The Morgan fingerprint density at radius 2 is 1.70 bits per heavy atom. The number of carbonyl (C=O) groups is 1. The van der Waals surface area contributed by atoms with Gasteiger partial charge >= 0.3 is 18.4 Å². The van der Waals surface area contributed by atoms with Crippen LogP contribution in [0.25, 0.3) is 0 Å². The summed E-state index contributed by atoms with van der Waals surface area (Å²) in [6.45, 7) is 6.69. The highest BCUT2D eigenvalue weighted by Crippen LogP contribution is 2.45. The number of ether oxygens (including phenoxy) is 1. The first kappa shape index (κ1) is 29.3. The Morgan fingerprint density at radius 3 is 2.20 bits per heavy atom. The molecule has 0 aliphatic carbocycles. The monoisotopic (exact) mass is 573 g/mol. The van der Waals surface area contributed by atoms with Gasteiger partial charge in [0.05, 0.1) is 29.5 Å². The zero-order valence-electron chi connectivity index (χ0n) is 22.5.